The first-order valence-electron chi connectivity index (χ1n) is 12.4. The number of sulfonamides is 1. The van der Waals surface area contributed by atoms with Gasteiger partial charge in [-0.2, -0.15) is 4.31 Å². The predicted octanol–water partition coefficient (Wildman–Crippen LogP) is 1.86. The van der Waals surface area contributed by atoms with Crippen molar-refractivity contribution in [3.63, 3.8) is 0 Å². The van der Waals surface area contributed by atoms with Gasteiger partial charge >= 0.3 is 0 Å². The number of aromatic nitrogens is 1. The number of nitrogens with one attached hydrogen (secondary N) is 1. The molecule has 1 aromatic heterocycles. The van der Waals surface area contributed by atoms with Gasteiger partial charge in [-0.3, -0.25) is 4.79 Å². The molecule has 2 aliphatic heterocycles. The van der Waals surface area contributed by atoms with Gasteiger partial charge in [0.05, 0.1) is 0 Å². The van der Waals surface area contributed by atoms with Gasteiger partial charge in [-0.25, -0.2) is 8.42 Å². The average Bonchev–Trinajstić information content (AvgIpc) is 3.16. The van der Waals surface area contributed by atoms with Crippen molar-refractivity contribution in [2.45, 2.75) is 58.3 Å². The van der Waals surface area contributed by atoms with Crippen molar-refractivity contribution in [3.05, 3.63) is 11.5 Å². The average molecular weight is 484 g/mol. The third-order valence-corrected chi connectivity index (χ3v) is 9.28. The van der Waals surface area contributed by atoms with Gasteiger partial charge in [-0.1, -0.05) is 19.0 Å². The molecule has 0 aliphatic carbocycles. The van der Waals surface area contributed by atoms with Crippen LogP contribution in [0.4, 0.5) is 0 Å². The molecule has 3 rings (SSSR count). The van der Waals surface area contributed by atoms with E-state index in [1.807, 2.05) is 6.92 Å². The maximum atomic E-state index is 13.0. The summed E-state index contributed by atoms with van der Waals surface area (Å²) in [4.78, 5) is 17.9. The molecular weight excluding hydrogens is 442 g/mol. The van der Waals surface area contributed by atoms with E-state index in [0.29, 0.717) is 43.9 Å². The third-order valence-electron chi connectivity index (χ3n) is 7.14. The van der Waals surface area contributed by atoms with Crippen LogP contribution < -0.4 is 5.32 Å². The Balaban J connectivity index is 1.37. The van der Waals surface area contributed by atoms with Gasteiger partial charge in [-0.15, -0.1) is 0 Å². The van der Waals surface area contributed by atoms with E-state index >= 15 is 0 Å². The first kappa shape index (κ1) is 26.1. The fourth-order valence-corrected chi connectivity index (χ4v) is 6.79. The lowest BCUT2D eigenvalue weighted by Gasteiger charge is -2.34. The van der Waals surface area contributed by atoms with Crippen molar-refractivity contribution in [2.75, 3.05) is 58.9 Å². The number of hydrogen-bond acceptors (Lipinski definition) is 7. The van der Waals surface area contributed by atoms with Crippen molar-refractivity contribution in [2.24, 2.45) is 11.8 Å². The zero-order chi connectivity index (χ0) is 24.0. The van der Waals surface area contributed by atoms with E-state index < -0.39 is 10.0 Å². The molecule has 2 fully saturated rings. The van der Waals surface area contributed by atoms with Crippen LogP contribution in [0.3, 0.4) is 0 Å². The molecule has 188 valence electrons. The summed E-state index contributed by atoms with van der Waals surface area (Å²) in [6.45, 7) is 15.7. The topological polar surface area (TPSA) is 99.0 Å². The van der Waals surface area contributed by atoms with Crippen LogP contribution in [0, 0.1) is 25.7 Å². The second-order valence-electron chi connectivity index (χ2n) is 9.51. The number of piperidine rings is 1. The molecule has 0 spiro atoms. The van der Waals surface area contributed by atoms with Gasteiger partial charge < -0.3 is 19.6 Å². The molecule has 0 aromatic carbocycles. The highest BCUT2D eigenvalue weighted by Gasteiger charge is 2.36. The molecule has 1 aromatic rings. The number of carbonyl (C=O) groups is 1. The maximum Gasteiger partial charge on any atom is 0.248 e. The van der Waals surface area contributed by atoms with Gasteiger partial charge in [0, 0.05) is 51.7 Å². The van der Waals surface area contributed by atoms with E-state index in [-0.39, 0.29) is 22.6 Å². The molecule has 10 heteroatoms. The van der Waals surface area contributed by atoms with Crippen molar-refractivity contribution in [1.29, 1.82) is 0 Å². The highest BCUT2D eigenvalue weighted by molar-refractivity contribution is 7.89. The SMILES string of the molecule is CCCN1CCN(CCCNC(=O)[C@@H](C)C2CCN(S(=O)(=O)c3c(C)noc3C)CC2)CC1. The zero-order valence-corrected chi connectivity index (χ0v) is 21.5. The standard InChI is InChI=1S/C23H41N5O4S/c1-5-10-26-14-16-27(17-15-26)11-6-9-24-23(29)18(2)21-7-12-28(13-8-21)33(30,31)22-19(3)25-32-20(22)4/h18,21H,5-17H2,1-4H3,(H,24,29)/t18-/m0/s1. The lowest BCUT2D eigenvalue weighted by Crippen LogP contribution is -2.47. The largest absolute Gasteiger partial charge is 0.360 e. The molecule has 1 amide bonds. The summed E-state index contributed by atoms with van der Waals surface area (Å²) in [6, 6.07) is 0. The Labute approximate surface area is 198 Å². The highest BCUT2D eigenvalue weighted by atomic mass is 32.2. The smallest absolute Gasteiger partial charge is 0.248 e. The molecule has 3 heterocycles. The van der Waals surface area contributed by atoms with Gasteiger partial charge in [0.1, 0.15) is 10.6 Å². The van der Waals surface area contributed by atoms with Crippen LogP contribution in [-0.2, 0) is 14.8 Å². The number of carbonyl (C=O) groups excluding carboxylic acids is 1. The second kappa shape index (κ2) is 11.8. The van der Waals surface area contributed by atoms with Crippen LogP contribution in [0.25, 0.3) is 0 Å². The molecule has 9 nitrogen and oxygen atoms in total. The van der Waals surface area contributed by atoms with E-state index in [4.69, 9.17) is 4.52 Å². The highest BCUT2D eigenvalue weighted by Crippen LogP contribution is 2.30. The first-order valence-corrected chi connectivity index (χ1v) is 13.8. The predicted molar refractivity (Wildman–Crippen MR) is 127 cm³/mol. The van der Waals surface area contributed by atoms with Crippen LogP contribution in [0.1, 0.15) is 51.0 Å². The fourth-order valence-electron chi connectivity index (χ4n) is 5.03. The van der Waals surface area contributed by atoms with Gasteiger partial charge in [0.15, 0.2) is 5.76 Å². The Morgan fingerprint density at radius 2 is 1.70 bits per heavy atom. The minimum absolute atomic E-state index is 0.0785. The Morgan fingerprint density at radius 1 is 1.09 bits per heavy atom. The first-order chi connectivity index (χ1) is 15.7. The zero-order valence-electron chi connectivity index (χ0n) is 20.7. The molecular formula is C23H41N5O4S. The van der Waals surface area contributed by atoms with Crippen LogP contribution in [0.5, 0.6) is 0 Å². The van der Waals surface area contributed by atoms with Crippen LogP contribution in [0.2, 0.25) is 0 Å². The van der Waals surface area contributed by atoms with Crippen LogP contribution in [-0.4, -0.2) is 92.5 Å². The van der Waals surface area contributed by atoms with Gasteiger partial charge in [0.2, 0.25) is 15.9 Å². The summed E-state index contributed by atoms with van der Waals surface area (Å²) >= 11 is 0. The van der Waals surface area contributed by atoms with Crippen molar-refractivity contribution < 1.29 is 17.7 Å². The van der Waals surface area contributed by atoms with E-state index in [0.717, 1.165) is 39.1 Å². The van der Waals surface area contributed by atoms with Crippen molar-refractivity contribution in [1.82, 2.24) is 24.6 Å². The second-order valence-corrected chi connectivity index (χ2v) is 11.4. The number of hydrogen-bond donors (Lipinski definition) is 1. The van der Waals surface area contributed by atoms with Gasteiger partial charge in [-0.05, 0) is 58.5 Å². The Morgan fingerprint density at radius 3 is 2.24 bits per heavy atom. The van der Waals surface area contributed by atoms with Crippen molar-refractivity contribution in [3.8, 4) is 0 Å². The van der Waals surface area contributed by atoms with Crippen molar-refractivity contribution >= 4 is 15.9 Å². The molecule has 1 atom stereocenters. The molecule has 2 saturated heterocycles. The molecule has 0 saturated carbocycles. The van der Waals surface area contributed by atoms with E-state index in [1.165, 1.54) is 17.3 Å². The van der Waals surface area contributed by atoms with Crippen LogP contribution in [0.15, 0.2) is 9.42 Å². The van der Waals surface area contributed by atoms with E-state index in [9.17, 15) is 13.2 Å². The van der Waals surface area contributed by atoms with E-state index in [1.54, 1.807) is 13.8 Å². The molecule has 1 N–H and O–H groups in total. The number of rotatable bonds is 10. The molecule has 0 radical (unpaired) electrons. The number of aryl methyl sites for hydroxylation is 2. The normalized spacial score (nSPS) is 20.7. The van der Waals surface area contributed by atoms with Gasteiger partial charge in [0.25, 0.3) is 0 Å². The summed E-state index contributed by atoms with van der Waals surface area (Å²) < 4.78 is 32.5. The minimum Gasteiger partial charge on any atom is -0.360 e. The third kappa shape index (κ3) is 6.55. The Bertz CT molecular complexity index is 852. The Hall–Kier alpha value is -1.49. The Kier molecular flexibility index (Phi) is 9.32. The molecule has 0 bridgehead atoms. The number of amides is 1. The lowest BCUT2D eigenvalue weighted by atomic mass is 9.85. The summed E-state index contributed by atoms with van der Waals surface area (Å²) in [5.41, 5.74) is 0.394. The molecule has 0 unspecified atom stereocenters. The summed E-state index contributed by atoms with van der Waals surface area (Å²) in [7, 11) is -3.62. The molecule has 33 heavy (non-hydrogen) atoms. The molecule has 2 aliphatic rings. The minimum atomic E-state index is -3.62. The summed E-state index contributed by atoms with van der Waals surface area (Å²) in [6.07, 6.45) is 3.53. The number of nitrogens with zero attached hydrogens (tertiary/aromatic N) is 4. The summed E-state index contributed by atoms with van der Waals surface area (Å²) in [5.74, 6) is 0.472. The maximum absolute atomic E-state index is 13.0. The lowest BCUT2D eigenvalue weighted by molar-refractivity contribution is -0.126. The van der Waals surface area contributed by atoms with E-state index in [2.05, 4.69) is 27.2 Å². The van der Waals surface area contributed by atoms with Crippen LogP contribution >= 0.6 is 0 Å². The monoisotopic (exact) mass is 483 g/mol. The summed E-state index contributed by atoms with van der Waals surface area (Å²) in [5, 5.41) is 6.88. The fraction of sp³-hybridized carbons (Fsp3) is 0.826. The quantitative estimate of drug-likeness (QED) is 0.507. The number of piperazine rings is 1.